The van der Waals surface area contributed by atoms with Crippen LogP contribution in [0.4, 0.5) is 0 Å². The van der Waals surface area contributed by atoms with Crippen LogP contribution in [0, 0.1) is 0 Å². The van der Waals surface area contributed by atoms with E-state index in [4.69, 9.17) is 9.47 Å². The normalized spacial score (nSPS) is 11.1. The summed E-state index contributed by atoms with van der Waals surface area (Å²) in [6, 6.07) is 19.8. The molecule has 5 rings (SSSR count). The number of nitrogens with zero attached hydrogens (tertiary/aromatic N) is 3. The highest BCUT2D eigenvalue weighted by Crippen LogP contribution is 2.40. The van der Waals surface area contributed by atoms with E-state index in [9.17, 15) is 5.21 Å². The zero-order chi connectivity index (χ0) is 21.0. The number of rotatable bonds is 8. The van der Waals surface area contributed by atoms with Crippen molar-refractivity contribution in [1.82, 2.24) is 9.13 Å². The zero-order valence-corrected chi connectivity index (χ0v) is 19.5. The minimum atomic E-state index is 0. The minimum Gasteiger partial charge on any atom is -0.492 e. The summed E-state index contributed by atoms with van der Waals surface area (Å²) in [5, 5.41) is 13.3. The summed E-state index contributed by atoms with van der Waals surface area (Å²) < 4.78 is 16.0. The number of hydrogen-bond acceptors (Lipinski definition) is 4. The summed E-state index contributed by atoms with van der Waals surface area (Å²) in [5.74, 6) is 1.51. The first-order valence-corrected chi connectivity index (χ1v) is 10.3. The third-order valence-electron chi connectivity index (χ3n) is 5.45. The quantitative estimate of drug-likeness (QED) is 0.233. The first kappa shape index (κ1) is 24.3. The predicted octanol–water partition coefficient (Wildman–Crippen LogP) is 5.50. The van der Waals surface area contributed by atoms with E-state index in [0.717, 1.165) is 46.8 Å². The number of fused-ring (bicyclic) bond motifs is 3. The molecule has 0 atom stereocenters. The van der Waals surface area contributed by atoms with Crippen LogP contribution in [0.5, 0.6) is 11.5 Å². The van der Waals surface area contributed by atoms with Crippen molar-refractivity contribution in [3.8, 4) is 22.6 Å². The Morgan fingerprint density at radius 2 is 1.06 bits per heavy atom. The van der Waals surface area contributed by atoms with Crippen LogP contribution in [0.15, 0.2) is 90.6 Å². The predicted molar refractivity (Wildman–Crippen MR) is 134 cm³/mol. The van der Waals surface area contributed by atoms with E-state index in [0.29, 0.717) is 18.9 Å². The monoisotopic (exact) mass is 485 g/mol. The van der Waals surface area contributed by atoms with E-state index >= 15 is 0 Å². The van der Waals surface area contributed by atoms with Crippen LogP contribution in [0.1, 0.15) is 11.1 Å². The SMILES string of the molecule is Cl.Cl.ON=C1c2cc(OCCn3cccc3)ccc2-c2ccc(OCCn3cccc3)cc21. The van der Waals surface area contributed by atoms with E-state index in [-0.39, 0.29) is 24.8 Å². The van der Waals surface area contributed by atoms with Crippen molar-refractivity contribution in [2.75, 3.05) is 13.2 Å². The molecule has 0 spiro atoms. The number of ether oxygens (including phenoxy) is 2. The molecule has 0 fully saturated rings. The van der Waals surface area contributed by atoms with Crippen LogP contribution in [0.25, 0.3) is 11.1 Å². The number of aromatic nitrogens is 2. The largest absolute Gasteiger partial charge is 0.492 e. The molecule has 0 saturated carbocycles. The van der Waals surface area contributed by atoms with Gasteiger partial charge in [0.25, 0.3) is 0 Å². The minimum absolute atomic E-state index is 0. The van der Waals surface area contributed by atoms with Crippen LogP contribution < -0.4 is 9.47 Å². The Hall–Kier alpha value is -3.35. The fourth-order valence-electron chi connectivity index (χ4n) is 3.92. The van der Waals surface area contributed by atoms with Crippen molar-refractivity contribution in [3.05, 3.63) is 96.6 Å². The van der Waals surface area contributed by atoms with Gasteiger partial charge in [-0.1, -0.05) is 5.16 Å². The maximum Gasteiger partial charge on any atom is 0.120 e. The number of halogens is 2. The Morgan fingerprint density at radius 1 is 0.636 bits per heavy atom. The summed E-state index contributed by atoms with van der Waals surface area (Å²) in [6.45, 7) is 2.67. The Morgan fingerprint density at radius 3 is 1.45 bits per heavy atom. The van der Waals surface area contributed by atoms with Gasteiger partial charge in [0.05, 0.1) is 13.1 Å². The molecule has 0 amide bonds. The van der Waals surface area contributed by atoms with E-state index in [1.54, 1.807) is 0 Å². The second-order valence-electron chi connectivity index (χ2n) is 7.40. The fraction of sp³-hybridized carbons (Fsp3) is 0.160. The van der Waals surface area contributed by atoms with Crippen molar-refractivity contribution >= 4 is 30.5 Å². The molecule has 33 heavy (non-hydrogen) atoms. The summed E-state index contributed by atoms with van der Waals surface area (Å²) in [4.78, 5) is 0. The second-order valence-corrected chi connectivity index (χ2v) is 7.40. The van der Waals surface area contributed by atoms with Gasteiger partial charge >= 0.3 is 0 Å². The van der Waals surface area contributed by atoms with Crippen LogP contribution in [0.3, 0.4) is 0 Å². The first-order valence-electron chi connectivity index (χ1n) is 10.3. The lowest BCUT2D eigenvalue weighted by atomic mass is 10.1. The van der Waals surface area contributed by atoms with Gasteiger partial charge in [0, 0.05) is 35.9 Å². The highest BCUT2D eigenvalue weighted by molar-refractivity contribution is 6.24. The molecule has 8 heteroatoms. The Balaban J connectivity index is 0.00000153. The molecule has 6 nitrogen and oxygen atoms in total. The topological polar surface area (TPSA) is 60.9 Å². The molecule has 2 heterocycles. The summed E-state index contributed by atoms with van der Waals surface area (Å²) in [7, 11) is 0. The molecule has 1 N–H and O–H groups in total. The maximum absolute atomic E-state index is 9.74. The molecule has 0 aliphatic heterocycles. The van der Waals surface area contributed by atoms with Gasteiger partial charge in [-0.15, -0.1) is 24.8 Å². The lowest BCUT2D eigenvalue weighted by molar-refractivity contribution is 0.298. The van der Waals surface area contributed by atoms with Gasteiger partial charge in [0.2, 0.25) is 0 Å². The summed E-state index contributed by atoms with van der Waals surface area (Å²) >= 11 is 0. The van der Waals surface area contributed by atoms with Gasteiger partial charge in [0.1, 0.15) is 30.4 Å². The highest BCUT2D eigenvalue weighted by atomic mass is 35.5. The molecule has 4 aromatic rings. The summed E-state index contributed by atoms with van der Waals surface area (Å²) in [6.07, 6.45) is 8.05. The number of benzene rings is 2. The van der Waals surface area contributed by atoms with Crippen LogP contribution in [0.2, 0.25) is 0 Å². The average molecular weight is 486 g/mol. The molecule has 1 aliphatic rings. The molecule has 2 aromatic heterocycles. The highest BCUT2D eigenvalue weighted by Gasteiger charge is 2.26. The smallest absolute Gasteiger partial charge is 0.120 e. The van der Waals surface area contributed by atoms with Crippen molar-refractivity contribution < 1.29 is 14.7 Å². The third-order valence-corrected chi connectivity index (χ3v) is 5.45. The Labute approximate surface area is 204 Å². The van der Waals surface area contributed by atoms with Crippen LogP contribution in [-0.4, -0.2) is 33.3 Å². The van der Waals surface area contributed by atoms with Crippen molar-refractivity contribution in [1.29, 1.82) is 0 Å². The molecule has 0 radical (unpaired) electrons. The van der Waals surface area contributed by atoms with E-state index < -0.39 is 0 Å². The fourth-order valence-corrected chi connectivity index (χ4v) is 3.92. The molecule has 172 valence electrons. The molecular weight excluding hydrogens is 461 g/mol. The molecule has 0 unspecified atom stereocenters. The van der Waals surface area contributed by atoms with E-state index in [1.807, 2.05) is 85.5 Å². The lowest BCUT2D eigenvalue weighted by Crippen LogP contribution is -2.07. The van der Waals surface area contributed by atoms with Gasteiger partial charge < -0.3 is 23.8 Å². The van der Waals surface area contributed by atoms with Crippen molar-refractivity contribution in [2.45, 2.75) is 13.1 Å². The molecule has 0 bridgehead atoms. The standard InChI is InChI=1S/C25H23N3O3.2ClH/c29-26-25-23-17-19(30-15-13-27-9-1-2-10-27)5-7-21(23)22-8-6-20(18-24(22)25)31-16-14-28-11-3-4-12-28;;/h1-12,17-18,29H,13-16H2;2*1H. The Bertz CT molecular complexity index is 1110. The zero-order valence-electron chi connectivity index (χ0n) is 17.8. The van der Waals surface area contributed by atoms with Crippen LogP contribution >= 0.6 is 24.8 Å². The molecule has 1 aliphatic carbocycles. The van der Waals surface area contributed by atoms with Gasteiger partial charge in [0.15, 0.2) is 0 Å². The molecular formula is C25H25Cl2N3O3. The second kappa shape index (κ2) is 11.0. The van der Waals surface area contributed by atoms with Gasteiger partial charge in [-0.25, -0.2) is 0 Å². The van der Waals surface area contributed by atoms with Crippen molar-refractivity contribution in [2.24, 2.45) is 5.16 Å². The van der Waals surface area contributed by atoms with Crippen LogP contribution in [-0.2, 0) is 13.1 Å². The molecule has 2 aromatic carbocycles. The molecule has 0 saturated heterocycles. The van der Waals surface area contributed by atoms with E-state index in [2.05, 4.69) is 14.3 Å². The van der Waals surface area contributed by atoms with Gasteiger partial charge in [-0.05, 0) is 71.8 Å². The number of hydrogen-bond donors (Lipinski definition) is 1. The van der Waals surface area contributed by atoms with Gasteiger partial charge in [-0.3, -0.25) is 0 Å². The third kappa shape index (κ3) is 5.18. The summed E-state index contributed by atoms with van der Waals surface area (Å²) in [5.41, 5.74) is 4.32. The Kier molecular flexibility index (Phi) is 8.09. The van der Waals surface area contributed by atoms with Gasteiger partial charge in [-0.2, -0.15) is 0 Å². The lowest BCUT2D eigenvalue weighted by Gasteiger charge is -2.09. The average Bonchev–Trinajstić information content (AvgIpc) is 3.54. The van der Waals surface area contributed by atoms with Crippen molar-refractivity contribution in [3.63, 3.8) is 0 Å². The number of oxime groups is 1. The first-order chi connectivity index (χ1) is 15.3. The van der Waals surface area contributed by atoms with E-state index in [1.165, 1.54) is 0 Å². The maximum atomic E-state index is 9.74.